The van der Waals surface area contributed by atoms with E-state index in [1.54, 1.807) is 31.2 Å². The molecule has 2 N–H and O–H groups in total. The molecule has 0 atom stereocenters. The second-order valence-electron chi connectivity index (χ2n) is 6.23. The lowest BCUT2D eigenvalue weighted by atomic mass is 10.2. The SMILES string of the molecule is COc1ccc(Nc2nc(Nc3cccc(Cl)c3)c3cnn(C)c3n2)c(OC)c1. The number of nitrogens with zero attached hydrogens (tertiary/aromatic N) is 4. The highest BCUT2D eigenvalue weighted by molar-refractivity contribution is 6.30. The molecule has 0 bridgehead atoms. The second kappa shape index (κ2) is 7.84. The summed E-state index contributed by atoms with van der Waals surface area (Å²) in [7, 11) is 5.03. The fourth-order valence-electron chi connectivity index (χ4n) is 2.90. The number of ether oxygens (including phenoxy) is 2. The minimum atomic E-state index is 0.397. The Morgan fingerprint density at radius 2 is 1.86 bits per heavy atom. The maximum Gasteiger partial charge on any atom is 0.231 e. The van der Waals surface area contributed by atoms with Gasteiger partial charge in [-0.1, -0.05) is 17.7 Å². The van der Waals surface area contributed by atoms with Gasteiger partial charge in [-0.25, -0.2) is 0 Å². The molecule has 4 aromatic rings. The Morgan fingerprint density at radius 3 is 2.62 bits per heavy atom. The Bertz CT molecular complexity index is 1180. The summed E-state index contributed by atoms with van der Waals surface area (Å²) in [5.74, 6) is 2.32. The molecular weight excluding hydrogens is 392 g/mol. The zero-order chi connectivity index (χ0) is 20.4. The Labute approximate surface area is 172 Å². The van der Waals surface area contributed by atoms with Crippen LogP contribution in [0, 0.1) is 0 Å². The van der Waals surface area contributed by atoms with Gasteiger partial charge in [-0.05, 0) is 30.3 Å². The van der Waals surface area contributed by atoms with Crippen LogP contribution in [0.5, 0.6) is 11.5 Å². The topological polar surface area (TPSA) is 86.1 Å². The lowest BCUT2D eigenvalue weighted by Crippen LogP contribution is -2.04. The van der Waals surface area contributed by atoms with E-state index in [0.29, 0.717) is 39.6 Å². The summed E-state index contributed by atoms with van der Waals surface area (Å²) in [5, 5.41) is 12.2. The fourth-order valence-corrected chi connectivity index (χ4v) is 3.09. The summed E-state index contributed by atoms with van der Waals surface area (Å²) in [6.45, 7) is 0. The van der Waals surface area contributed by atoms with Crippen LogP contribution in [0.3, 0.4) is 0 Å². The summed E-state index contributed by atoms with van der Waals surface area (Å²) in [4.78, 5) is 9.23. The van der Waals surface area contributed by atoms with Gasteiger partial charge in [0.2, 0.25) is 5.95 Å². The monoisotopic (exact) mass is 410 g/mol. The lowest BCUT2D eigenvalue weighted by Gasteiger charge is -2.13. The molecule has 2 heterocycles. The summed E-state index contributed by atoms with van der Waals surface area (Å²) in [6.07, 6.45) is 1.72. The first-order valence-corrected chi connectivity index (χ1v) is 9.16. The zero-order valence-corrected chi connectivity index (χ0v) is 16.9. The third kappa shape index (κ3) is 3.88. The average molecular weight is 411 g/mol. The molecule has 29 heavy (non-hydrogen) atoms. The molecule has 8 nitrogen and oxygen atoms in total. The van der Waals surface area contributed by atoms with Crippen LogP contribution in [-0.2, 0) is 7.05 Å². The van der Waals surface area contributed by atoms with Crippen LogP contribution in [0.15, 0.2) is 48.7 Å². The quantitative estimate of drug-likeness (QED) is 0.483. The fraction of sp³-hybridized carbons (Fsp3) is 0.150. The Hall–Kier alpha value is -3.52. The highest BCUT2D eigenvalue weighted by Crippen LogP contribution is 2.32. The predicted molar refractivity (Wildman–Crippen MR) is 114 cm³/mol. The van der Waals surface area contributed by atoms with Crippen LogP contribution in [-0.4, -0.2) is 34.0 Å². The number of halogens is 1. The Morgan fingerprint density at radius 1 is 1.00 bits per heavy atom. The minimum Gasteiger partial charge on any atom is -0.497 e. The van der Waals surface area contributed by atoms with Crippen molar-refractivity contribution < 1.29 is 9.47 Å². The van der Waals surface area contributed by atoms with E-state index in [1.165, 1.54) is 0 Å². The normalized spacial score (nSPS) is 10.8. The summed E-state index contributed by atoms with van der Waals surface area (Å²) < 4.78 is 12.4. The van der Waals surface area contributed by atoms with Crippen molar-refractivity contribution in [2.45, 2.75) is 0 Å². The molecule has 0 aliphatic heterocycles. The van der Waals surface area contributed by atoms with Crippen molar-refractivity contribution in [2.75, 3.05) is 24.9 Å². The zero-order valence-electron chi connectivity index (χ0n) is 16.1. The van der Waals surface area contributed by atoms with Gasteiger partial charge in [-0.2, -0.15) is 15.1 Å². The number of aryl methyl sites for hydroxylation is 1. The van der Waals surface area contributed by atoms with E-state index in [2.05, 4.69) is 25.7 Å². The van der Waals surface area contributed by atoms with Crippen molar-refractivity contribution in [1.82, 2.24) is 19.7 Å². The van der Waals surface area contributed by atoms with Crippen molar-refractivity contribution in [3.63, 3.8) is 0 Å². The number of rotatable bonds is 6. The van der Waals surface area contributed by atoms with Crippen LogP contribution >= 0.6 is 11.6 Å². The Balaban J connectivity index is 1.75. The van der Waals surface area contributed by atoms with Crippen LogP contribution in [0.4, 0.5) is 23.1 Å². The van der Waals surface area contributed by atoms with E-state index in [4.69, 9.17) is 21.1 Å². The molecule has 0 aliphatic carbocycles. The maximum absolute atomic E-state index is 6.10. The van der Waals surface area contributed by atoms with Crippen molar-refractivity contribution >= 4 is 45.8 Å². The smallest absolute Gasteiger partial charge is 0.231 e. The van der Waals surface area contributed by atoms with E-state index in [0.717, 1.165) is 11.1 Å². The molecule has 9 heteroatoms. The summed E-state index contributed by atoms with van der Waals surface area (Å²) >= 11 is 6.10. The molecule has 2 aromatic carbocycles. The van der Waals surface area contributed by atoms with Gasteiger partial charge in [0, 0.05) is 23.8 Å². The van der Waals surface area contributed by atoms with Gasteiger partial charge in [0.1, 0.15) is 17.3 Å². The van der Waals surface area contributed by atoms with Crippen LogP contribution in [0.2, 0.25) is 5.02 Å². The van der Waals surface area contributed by atoms with E-state index in [-0.39, 0.29) is 0 Å². The largest absolute Gasteiger partial charge is 0.497 e. The average Bonchev–Trinajstić information content (AvgIpc) is 3.09. The molecule has 4 rings (SSSR count). The third-order valence-corrected chi connectivity index (χ3v) is 4.57. The van der Waals surface area contributed by atoms with Crippen molar-refractivity contribution in [1.29, 1.82) is 0 Å². The molecule has 0 amide bonds. The molecular formula is C20H19ClN6O2. The number of hydrogen-bond donors (Lipinski definition) is 2. The van der Waals surface area contributed by atoms with E-state index < -0.39 is 0 Å². The number of methoxy groups -OCH3 is 2. The van der Waals surface area contributed by atoms with Gasteiger partial charge >= 0.3 is 0 Å². The molecule has 0 spiro atoms. The van der Waals surface area contributed by atoms with Crippen molar-refractivity contribution in [3.05, 3.63) is 53.7 Å². The van der Waals surface area contributed by atoms with E-state index in [1.807, 2.05) is 43.4 Å². The molecule has 2 aromatic heterocycles. The van der Waals surface area contributed by atoms with Crippen LogP contribution < -0.4 is 20.1 Å². The first-order chi connectivity index (χ1) is 14.1. The molecule has 0 radical (unpaired) electrons. The predicted octanol–water partition coefficient (Wildman–Crippen LogP) is 4.52. The Kier molecular flexibility index (Phi) is 5.09. The molecule has 148 valence electrons. The molecule has 0 unspecified atom stereocenters. The van der Waals surface area contributed by atoms with Gasteiger partial charge in [0.05, 0.1) is 31.5 Å². The third-order valence-electron chi connectivity index (χ3n) is 4.33. The van der Waals surface area contributed by atoms with Crippen LogP contribution in [0.25, 0.3) is 11.0 Å². The van der Waals surface area contributed by atoms with Crippen molar-refractivity contribution in [3.8, 4) is 11.5 Å². The van der Waals surface area contributed by atoms with Gasteiger partial charge in [-0.3, -0.25) is 4.68 Å². The van der Waals surface area contributed by atoms with Gasteiger partial charge < -0.3 is 20.1 Å². The molecule has 0 fully saturated rings. The number of fused-ring (bicyclic) bond motifs is 1. The highest BCUT2D eigenvalue weighted by atomic mass is 35.5. The standard InChI is InChI=1S/C20H19ClN6O2/c1-27-19-15(11-22-27)18(23-13-6-4-5-12(21)9-13)25-20(26-19)24-16-8-7-14(28-2)10-17(16)29-3/h4-11H,1-3H3,(H2,23,24,25,26). The molecule has 0 aliphatic rings. The molecule has 0 saturated carbocycles. The van der Waals surface area contributed by atoms with Gasteiger partial charge in [-0.15, -0.1) is 0 Å². The molecule has 0 saturated heterocycles. The lowest BCUT2D eigenvalue weighted by molar-refractivity contribution is 0.395. The number of benzene rings is 2. The minimum absolute atomic E-state index is 0.397. The van der Waals surface area contributed by atoms with Gasteiger partial charge in [0.25, 0.3) is 0 Å². The number of aromatic nitrogens is 4. The number of hydrogen-bond acceptors (Lipinski definition) is 7. The van der Waals surface area contributed by atoms with E-state index in [9.17, 15) is 0 Å². The van der Waals surface area contributed by atoms with Gasteiger partial charge in [0.15, 0.2) is 5.65 Å². The first kappa shape index (κ1) is 18.8. The van der Waals surface area contributed by atoms with Crippen LogP contribution in [0.1, 0.15) is 0 Å². The highest BCUT2D eigenvalue weighted by Gasteiger charge is 2.14. The summed E-state index contributed by atoms with van der Waals surface area (Å²) in [5.41, 5.74) is 2.21. The van der Waals surface area contributed by atoms with E-state index >= 15 is 0 Å². The van der Waals surface area contributed by atoms with Crippen molar-refractivity contribution in [2.24, 2.45) is 7.05 Å². The first-order valence-electron chi connectivity index (χ1n) is 8.79. The second-order valence-corrected chi connectivity index (χ2v) is 6.66. The number of anilines is 4. The summed E-state index contributed by atoms with van der Waals surface area (Å²) in [6, 6.07) is 12.9. The maximum atomic E-state index is 6.10. The number of nitrogens with one attached hydrogen (secondary N) is 2.